The highest BCUT2D eigenvalue weighted by molar-refractivity contribution is 5.73. The standard InChI is InChI=1S/C26H32N4O2/c1-18-23(19-7-6-8-22(17-19)31-5)28-25(30-13-15-32-16-14-30)29-24(18)27-21-11-9-20(10-12-21)26(2,3)4/h6-12,17H,13-16H2,1-5H3,(H,27,28,29). The molecule has 1 fully saturated rings. The van der Waals surface area contributed by atoms with Crippen molar-refractivity contribution in [3.8, 4) is 17.0 Å². The number of aromatic nitrogens is 2. The second kappa shape index (κ2) is 9.17. The summed E-state index contributed by atoms with van der Waals surface area (Å²) in [4.78, 5) is 12.0. The van der Waals surface area contributed by atoms with E-state index in [1.807, 2.05) is 18.2 Å². The molecule has 1 aliphatic rings. The molecule has 2 heterocycles. The summed E-state index contributed by atoms with van der Waals surface area (Å²) < 4.78 is 11.0. The van der Waals surface area contributed by atoms with Gasteiger partial charge < -0.3 is 19.7 Å². The Hall–Kier alpha value is -3.12. The van der Waals surface area contributed by atoms with Crippen LogP contribution in [0.3, 0.4) is 0 Å². The van der Waals surface area contributed by atoms with Gasteiger partial charge in [-0.15, -0.1) is 0 Å². The molecule has 1 N–H and O–H groups in total. The lowest BCUT2D eigenvalue weighted by molar-refractivity contribution is 0.122. The summed E-state index contributed by atoms with van der Waals surface area (Å²) in [6.45, 7) is 11.6. The number of anilines is 3. The van der Waals surface area contributed by atoms with Gasteiger partial charge in [0.05, 0.1) is 26.0 Å². The normalized spacial score (nSPS) is 14.3. The first-order valence-corrected chi connectivity index (χ1v) is 11.1. The number of benzene rings is 2. The Morgan fingerprint density at radius 2 is 1.72 bits per heavy atom. The SMILES string of the molecule is COc1cccc(-c2nc(N3CCOCC3)nc(Nc3ccc(C(C)(C)C)cc3)c2C)c1. The fraction of sp³-hybridized carbons (Fsp3) is 0.385. The molecule has 0 unspecified atom stereocenters. The van der Waals surface area contributed by atoms with Gasteiger partial charge in [0.2, 0.25) is 5.95 Å². The van der Waals surface area contributed by atoms with Crippen molar-refractivity contribution in [3.63, 3.8) is 0 Å². The third-order valence-corrected chi connectivity index (χ3v) is 5.78. The zero-order valence-electron chi connectivity index (χ0n) is 19.6. The molecule has 3 aromatic rings. The zero-order valence-corrected chi connectivity index (χ0v) is 19.6. The predicted molar refractivity (Wildman–Crippen MR) is 130 cm³/mol. The first-order chi connectivity index (χ1) is 15.3. The van der Waals surface area contributed by atoms with Gasteiger partial charge in [-0.1, -0.05) is 45.0 Å². The van der Waals surface area contributed by atoms with E-state index in [9.17, 15) is 0 Å². The summed E-state index contributed by atoms with van der Waals surface area (Å²) in [5, 5.41) is 3.53. The van der Waals surface area contributed by atoms with Crippen LogP contribution in [0.5, 0.6) is 5.75 Å². The first kappa shape index (κ1) is 22.1. The van der Waals surface area contributed by atoms with E-state index in [1.165, 1.54) is 5.56 Å². The minimum absolute atomic E-state index is 0.117. The third-order valence-electron chi connectivity index (χ3n) is 5.78. The van der Waals surface area contributed by atoms with Crippen LogP contribution in [0.4, 0.5) is 17.5 Å². The van der Waals surface area contributed by atoms with Crippen LogP contribution in [-0.4, -0.2) is 43.4 Å². The maximum atomic E-state index is 5.53. The zero-order chi connectivity index (χ0) is 22.7. The molecule has 0 amide bonds. The molecule has 6 nitrogen and oxygen atoms in total. The number of nitrogens with zero attached hydrogens (tertiary/aromatic N) is 3. The summed E-state index contributed by atoms with van der Waals surface area (Å²) in [7, 11) is 1.68. The van der Waals surface area contributed by atoms with Gasteiger partial charge in [0.15, 0.2) is 0 Å². The summed E-state index contributed by atoms with van der Waals surface area (Å²) in [6, 6.07) is 16.6. The van der Waals surface area contributed by atoms with E-state index in [0.717, 1.165) is 47.2 Å². The van der Waals surface area contributed by atoms with E-state index in [2.05, 4.69) is 68.2 Å². The van der Waals surface area contributed by atoms with Crippen LogP contribution in [0.15, 0.2) is 48.5 Å². The molecular weight excluding hydrogens is 400 g/mol. The van der Waals surface area contributed by atoms with Crippen LogP contribution >= 0.6 is 0 Å². The van der Waals surface area contributed by atoms with Gasteiger partial charge in [0.1, 0.15) is 11.6 Å². The Morgan fingerprint density at radius 3 is 2.38 bits per heavy atom. The predicted octanol–water partition coefficient (Wildman–Crippen LogP) is 5.34. The molecule has 0 spiro atoms. The molecule has 0 bridgehead atoms. The van der Waals surface area contributed by atoms with Crippen molar-refractivity contribution >= 4 is 17.5 Å². The monoisotopic (exact) mass is 432 g/mol. The van der Waals surface area contributed by atoms with Crippen molar-refractivity contribution < 1.29 is 9.47 Å². The first-order valence-electron chi connectivity index (χ1n) is 11.1. The Balaban J connectivity index is 1.74. The van der Waals surface area contributed by atoms with Crippen molar-refractivity contribution in [1.29, 1.82) is 0 Å². The maximum absolute atomic E-state index is 5.53. The highest BCUT2D eigenvalue weighted by atomic mass is 16.5. The van der Waals surface area contributed by atoms with Crippen LogP contribution in [0.1, 0.15) is 31.9 Å². The molecule has 1 aromatic heterocycles. The van der Waals surface area contributed by atoms with Gasteiger partial charge in [0.25, 0.3) is 0 Å². The van der Waals surface area contributed by atoms with Crippen molar-refractivity contribution in [3.05, 3.63) is 59.7 Å². The summed E-state index contributed by atoms with van der Waals surface area (Å²) in [6.07, 6.45) is 0. The Kier molecular flexibility index (Phi) is 6.33. The Bertz CT molecular complexity index is 1070. The average molecular weight is 433 g/mol. The lowest BCUT2D eigenvalue weighted by Crippen LogP contribution is -2.37. The third kappa shape index (κ3) is 4.86. The van der Waals surface area contributed by atoms with Gasteiger partial charge in [0, 0.05) is 29.9 Å². The van der Waals surface area contributed by atoms with Crippen LogP contribution in [0, 0.1) is 6.92 Å². The highest BCUT2D eigenvalue weighted by Gasteiger charge is 2.20. The number of methoxy groups -OCH3 is 1. The van der Waals surface area contributed by atoms with Crippen molar-refractivity contribution in [1.82, 2.24) is 9.97 Å². The summed E-state index contributed by atoms with van der Waals surface area (Å²) >= 11 is 0. The van der Waals surface area contributed by atoms with Crippen LogP contribution in [-0.2, 0) is 10.2 Å². The van der Waals surface area contributed by atoms with Crippen molar-refractivity contribution in [2.45, 2.75) is 33.1 Å². The molecule has 168 valence electrons. The van der Waals surface area contributed by atoms with Crippen LogP contribution in [0.2, 0.25) is 0 Å². The molecule has 2 aromatic carbocycles. The van der Waals surface area contributed by atoms with E-state index in [1.54, 1.807) is 7.11 Å². The molecule has 1 saturated heterocycles. The molecule has 0 aliphatic carbocycles. The van der Waals surface area contributed by atoms with E-state index < -0.39 is 0 Å². The van der Waals surface area contributed by atoms with E-state index >= 15 is 0 Å². The van der Waals surface area contributed by atoms with E-state index in [0.29, 0.717) is 19.2 Å². The number of morpholine rings is 1. The smallest absolute Gasteiger partial charge is 0.228 e. The van der Waals surface area contributed by atoms with Gasteiger partial charge in [-0.2, -0.15) is 4.98 Å². The molecule has 6 heteroatoms. The quantitative estimate of drug-likeness (QED) is 0.587. The lowest BCUT2D eigenvalue weighted by Gasteiger charge is -2.28. The highest BCUT2D eigenvalue weighted by Crippen LogP contribution is 2.32. The van der Waals surface area contributed by atoms with Gasteiger partial charge >= 0.3 is 0 Å². The van der Waals surface area contributed by atoms with Gasteiger partial charge in [-0.05, 0) is 42.2 Å². The second-order valence-electron chi connectivity index (χ2n) is 9.13. The fourth-order valence-electron chi connectivity index (χ4n) is 3.77. The number of ether oxygens (including phenoxy) is 2. The van der Waals surface area contributed by atoms with E-state index in [-0.39, 0.29) is 5.41 Å². The van der Waals surface area contributed by atoms with E-state index in [4.69, 9.17) is 19.4 Å². The summed E-state index contributed by atoms with van der Waals surface area (Å²) in [5.74, 6) is 2.33. The molecule has 32 heavy (non-hydrogen) atoms. The minimum atomic E-state index is 0.117. The topological polar surface area (TPSA) is 59.5 Å². The van der Waals surface area contributed by atoms with Crippen molar-refractivity contribution in [2.24, 2.45) is 0 Å². The number of hydrogen-bond acceptors (Lipinski definition) is 6. The molecule has 0 radical (unpaired) electrons. The Morgan fingerprint density at radius 1 is 1.00 bits per heavy atom. The van der Waals surface area contributed by atoms with Crippen LogP contribution < -0.4 is 15.0 Å². The maximum Gasteiger partial charge on any atom is 0.228 e. The lowest BCUT2D eigenvalue weighted by atomic mass is 9.87. The molecule has 0 saturated carbocycles. The van der Waals surface area contributed by atoms with Crippen LogP contribution in [0.25, 0.3) is 11.3 Å². The minimum Gasteiger partial charge on any atom is -0.497 e. The largest absolute Gasteiger partial charge is 0.497 e. The molecule has 0 atom stereocenters. The molecule has 4 rings (SSSR count). The molecule has 1 aliphatic heterocycles. The number of rotatable bonds is 5. The van der Waals surface area contributed by atoms with Gasteiger partial charge in [-0.3, -0.25) is 0 Å². The summed E-state index contributed by atoms with van der Waals surface area (Å²) in [5.41, 5.74) is 5.32. The van der Waals surface area contributed by atoms with Gasteiger partial charge in [-0.25, -0.2) is 4.98 Å². The van der Waals surface area contributed by atoms with Crippen molar-refractivity contribution in [2.75, 3.05) is 43.6 Å². The average Bonchev–Trinajstić information content (AvgIpc) is 2.81. The number of nitrogens with one attached hydrogen (secondary N) is 1. The second-order valence-corrected chi connectivity index (χ2v) is 9.13. The fourth-order valence-corrected chi connectivity index (χ4v) is 3.77. The number of hydrogen-bond donors (Lipinski definition) is 1. The molecular formula is C26H32N4O2. The Labute approximate surface area is 190 Å².